The molecule has 10 heteroatoms. The van der Waals surface area contributed by atoms with Crippen molar-refractivity contribution < 1.29 is 0 Å². The number of H-pyrrole nitrogens is 1. The van der Waals surface area contributed by atoms with Crippen LogP contribution in [0.25, 0.3) is 5.65 Å². The maximum atomic E-state index is 4.45. The average Bonchev–Trinajstić information content (AvgIpc) is 3.18. The van der Waals surface area contributed by atoms with Gasteiger partial charge in [0.25, 0.3) is 5.13 Å². The molecule has 0 aromatic carbocycles. The fourth-order valence-corrected chi connectivity index (χ4v) is 3.90. The molecule has 0 aliphatic carbocycles. The zero-order chi connectivity index (χ0) is 18.2. The lowest BCUT2D eigenvalue weighted by atomic mass is 9.91. The third kappa shape index (κ3) is 3.59. The van der Waals surface area contributed by atoms with E-state index in [2.05, 4.69) is 77.3 Å². The number of fused-ring (bicyclic) bond motifs is 1. The molecule has 3 rings (SSSR count). The fraction of sp³-hybridized carbons (Fsp3) is 0.600. The first-order valence-electron chi connectivity index (χ1n) is 8.16. The van der Waals surface area contributed by atoms with Gasteiger partial charge in [0.1, 0.15) is 0 Å². The van der Waals surface area contributed by atoms with Crippen LogP contribution in [0.15, 0.2) is 14.6 Å². The lowest BCUT2D eigenvalue weighted by molar-refractivity contribution is 0.558. The molecular weight excluding hydrogens is 356 g/mol. The van der Waals surface area contributed by atoms with E-state index in [1.54, 1.807) is 11.8 Å². The minimum absolute atomic E-state index is 0.131. The van der Waals surface area contributed by atoms with Gasteiger partial charge in [-0.25, -0.2) is 4.52 Å². The van der Waals surface area contributed by atoms with Crippen molar-refractivity contribution in [1.29, 1.82) is 0 Å². The summed E-state index contributed by atoms with van der Waals surface area (Å²) in [5.74, 6) is 2.08. The molecular formula is C15H22N8S2. The molecule has 0 aliphatic rings. The number of hydrogen-bond donors (Lipinski definition) is 1. The molecule has 8 nitrogen and oxygen atoms in total. The molecule has 0 aliphatic heterocycles. The molecule has 0 bridgehead atoms. The largest absolute Gasteiger partial charge is 0.292 e. The zero-order valence-corrected chi connectivity index (χ0v) is 16.9. The molecule has 0 saturated carbocycles. The molecule has 3 aromatic rings. The first kappa shape index (κ1) is 18.0. The maximum absolute atomic E-state index is 4.45. The lowest BCUT2D eigenvalue weighted by Gasteiger charge is -2.16. The van der Waals surface area contributed by atoms with Gasteiger partial charge >= 0.3 is 0 Å². The van der Waals surface area contributed by atoms with Crippen molar-refractivity contribution in [2.24, 2.45) is 10.2 Å². The van der Waals surface area contributed by atoms with Crippen molar-refractivity contribution in [3.8, 4) is 0 Å². The Morgan fingerprint density at radius 3 is 2.56 bits per heavy atom. The molecule has 3 aromatic heterocycles. The van der Waals surface area contributed by atoms with Gasteiger partial charge in [-0.1, -0.05) is 64.6 Å². The van der Waals surface area contributed by atoms with Crippen LogP contribution >= 0.6 is 23.1 Å². The highest BCUT2D eigenvalue weighted by Gasteiger charge is 2.26. The molecule has 0 radical (unpaired) electrons. The van der Waals surface area contributed by atoms with Gasteiger partial charge in [0.05, 0.1) is 5.69 Å². The second kappa shape index (κ2) is 6.83. The Kier molecular flexibility index (Phi) is 4.92. The summed E-state index contributed by atoms with van der Waals surface area (Å²) in [6.07, 6.45) is 0. The second-order valence-electron chi connectivity index (χ2n) is 6.94. The topological polar surface area (TPSA) is 96.5 Å². The van der Waals surface area contributed by atoms with Crippen LogP contribution in [-0.4, -0.2) is 35.8 Å². The van der Waals surface area contributed by atoms with Crippen LogP contribution in [0.2, 0.25) is 0 Å². The van der Waals surface area contributed by atoms with Gasteiger partial charge in [-0.05, 0) is 5.75 Å². The highest BCUT2D eigenvalue weighted by atomic mass is 32.2. The monoisotopic (exact) mass is 378 g/mol. The molecule has 0 unspecified atom stereocenters. The number of rotatable bonds is 5. The minimum atomic E-state index is -0.131. The van der Waals surface area contributed by atoms with Crippen molar-refractivity contribution >= 4 is 39.6 Å². The molecule has 0 spiro atoms. The van der Waals surface area contributed by atoms with Gasteiger partial charge in [0.2, 0.25) is 5.65 Å². The van der Waals surface area contributed by atoms with Crippen LogP contribution in [-0.2, 0) is 5.41 Å². The van der Waals surface area contributed by atoms with Crippen LogP contribution in [0.1, 0.15) is 59.0 Å². The Hall–Kier alpha value is -1.81. The second-order valence-corrected chi connectivity index (χ2v) is 9.41. The summed E-state index contributed by atoms with van der Waals surface area (Å²) >= 11 is 3.08. The molecule has 0 fully saturated rings. The zero-order valence-electron chi connectivity index (χ0n) is 15.2. The number of hydrogen-bond acceptors (Lipinski definition) is 8. The molecule has 134 valence electrons. The summed E-state index contributed by atoms with van der Waals surface area (Å²) in [5, 5.41) is 29.4. The number of nitrogens with one attached hydrogen (secondary N) is 1. The van der Waals surface area contributed by atoms with Gasteiger partial charge in [0, 0.05) is 11.3 Å². The molecule has 1 N–H and O–H groups in total. The maximum Gasteiger partial charge on any atom is 0.252 e. The van der Waals surface area contributed by atoms with Crippen molar-refractivity contribution in [2.45, 2.75) is 57.2 Å². The van der Waals surface area contributed by atoms with Crippen molar-refractivity contribution in [3.05, 3.63) is 11.5 Å². The van der Waals surface area contributed by atoms with Crippen LogP contribution in [0.3, 0.4) is 0 Å². The van der Waals surface area contributed by atoms with E-state index in [1.807, 2.05) is 4.52 Å². The number of nitrogens with zero attached hydrogens (tertiary/aromatic N) is 7. The molecule has 3 heterocycles. The number of aromatic nitrogens is 6. The van der Waals surface area contributed by atoms with Crippen LogP contribution < -0.4 is 0 Å². The van der Waals surface area contributed by atoms with Crippen LogP contribution in [0.4, 0.5) is 10.8 Å². The third-order valence-corrected chi connectivity index (χ3v) is 5.35. The Labute approximate surface area is 154 Å². The summed E-state index contributed by atoms with van der Waals surface area (Å²) in [5.41, 5.74) is 2.22. The van der Waals surface area contributed by atoms with Crippen molar-refractivity contribution in [3.63, 3.8) is 0 Å². The smallest absolute Gasteiger partial charge is 0.252 e. The van der Waals surface area contributed by atoms with Gasteiger partial charge in [-0.15, -0.1) is 30.6 Å². The first-order chi connectivity index (χ1) is 11.8. The van der Waals surface area contributed by atoms with E-state index in [-0.39, 0.29) is 11.3 Å². The quantitative estimate of drug-likeness (QED) is 0.505. The molecule has 0 saturated heterocycles. The van der Waals surface area contributed by atoms with Crippen molar-refractivity contribution in [1.82, 2.24) is 30.0 Å². The highest BCUT2D eigenvalue weighted by molar-refractivity contribution is 8.01. The van der Waals surface area contributed by atoms with E-state index in [4.69, 9.17) is 0 Å². The predicted octanol–water partition coefficient (Wildman–Crippen LogP) is 4.86. The van der Waals surface area contributed by atoms with E-state index in [0.29, 0.717) is 16.5 Å². The van der Waals surface area contributed by atoms with Gasteiger partial charge in [-0.3, -0.25) is 5.10 Å². The summed E-state index contributed by atoms with van der Waals surface area (Å²) in [6.45, 7) is 12.6. The van der Waals surface area contributed by atoms with E-state index in [9.17, 15) is 0 Å². The first-order valence-corrected chi connectivity index (χ1v) is 9.97. The SMILES string of the molecule is CCSc1nnc(N=Nc2c(C(C)(C)C)[nH]n3c(C(C)C)nnc23)s1. The number of aromatic amines is 1. The Morgan fingerprint density at radius 1 is 1.16 bits per heavy atom. The van der Waals surface area contributed by atoms with Crippen LogP contribution in [0.5, 0.6) is 0 Å². The highest BCUT2D eigenvalue weighted by Crippen LogP contribution is 2.36. The van der Waals surface area contributed by atoms with Gasteiger partial charge in [-0.2, -0.15) is 0 Å². The minimum Gasteiger partial charge on any atom is -0.292 e. The van der Waals surface area contributed by atoms with E-state index >= 15 is 0 Å². The number of thioether (sulfide) groups is 1. The average molecular weight is 379 g/mol. The summed E-state index contributed by atoms with van der Waals surface area (Å²) in [6, 6.07) is 0. The molecule has 0 amide bonds. The van der Waals surface area contributed by atoms with Crippen LogP contribution in [0, 0.1) is 0 Å². The van der Waals surface area contributed by atoms with E-state index in [0.717, 1.165) is 21.6 Å². The normalized spacial score (nSPS) is 12.9. The van der Waals surface area contributed by atoms with Gasteiger partial charge < -0.3 is 0 Å². The predicted molar refractivity (Wildman–Crippen MR) is 101 cm³/mol. The van der Waals surface area contributed by atoms with Gasteiger partial charge in [0.15, 0.2) is 15.9 Å². The van der Waals surface area contributed by atoms with E-state index < -0.39 is 0 Å². The van der Waals surface area contributed by atoms with Crippen molar-refractivity contribution in [2.75, 3.05) is 5.75 Å². The molecule has 25 heavy (non-hydrogen) atoms. The Balaban J connectivity index is 2.05. The Morgan fingerprint density at radius 2 is 1.92 bits per heavy atom. The third-order valence-electron chi connectivity index (χ3n) is 3.53. The lowest BCUT2D eigenvalue weighted by Crippen LogP contribution is -2.13. The summed E-state index contributed by atoms with van der Waals surface area (Å²) in [4.78, 5) is 0. The molecule has 0 atom stereocenters. The Bertz CT molecular complexity index is 897. The number of azo groups is 1. The standard InChI is InChI=1S/C15H22N8S2/c1-7-24-14-21-20-13(25-14)19-16-9-10(15(4,5)6)22-23-11(8(2)3)17-18-12(9)23/h8,22H,7H2,1-6H3. The summed E-state index contributed by atoms with van der Waals surface area (Å²) in [7, 11) is 0. The van der Waals surface area contributed by atoms with E-state index in [1.165, 1.54) is 11.3 Å². The summed E-state index contributed by atoms with van der Waals surface area (Å²) < 4.78 is 2.80. The fourth-order valence-electron chi connectivity index (χ4n) is 2.35.